The third-order valence-electron chi connectivity index (χ3n) is 5.99. The van der Waals surface area contributed by atoms with Gasteiger partial charge in [0.2, 0.25) is 0 Å². The van der Waals surface area contributed by atoms with Crippen molar-refractivity contribution in [3.63, 3.8) is 0 Å². The normalized spacial score (nSPS) is 17.4. The number of aryl methyl sites for hydroxylation is 2. The van der Waals surface area contributed by atoms with Crippen molar-refractivity contribution in [1.82, 2.24) is 9.88 Å². The zero-order chi connectivity index (χ0) is 23.5. The first-order valence-corrected chi connectivity index (χ1v) is 10.9. The number of Topliss-reactive ketones (excluding diaryl/α,β-unsaturated/α-hetero) is 1. The first-order chi connectivity index (χ1) is 15.9. The number of ether oxygens (including phenoxy) is 1. The van der Waals surface area contributed by atoms with Crippen molar-refractivity contribution in [2.75, 3.05) is 7.11 Å². The smallest absolute Gasteiger partial charge is 0.295 e. The number of ketones is 1. The van der Waals surface area contributed by atoms with Gasteiger partial charge >= 0.3 is 0 Å². The predicted molar refractivity (Wildman–Crippen MR) is 126 cm³/mol. The van der Waals surface area contributed by atoms with Crippen LogP contribution in [0.15, 0.2) is 72.6 Å². The maximum absolute atomic E-state index is 13.2. The third kappa shape index (κ3) is 4.24. The van der Waals surface area contributed by atoms with E-state index in [1.54, 1.807) is 43.8 Å². The summed E-state index contributed by atoms with van der Waals surface area (Å²) in [6.45, 7) is 4.13. The van der Waals surface area contributed by atoms with E-state index in [2.05, 4.69) is 11.9 Å². The predicted octanol–water partition coefficient (Wildman–Crippen LogP) is 4.58. The van der Waals surface area contributed by atoms with Crippen LogP contribution in [0, 0.1) is 6.92 Å². The number of rotatable bonds is 6. The molecule has 0 spiro atoms. The van der Waals surface area contributed by atoms with Gasteiger partial charge in [-0.3, -0.25) is 14.6 Å². The number of aliphatic hydroxyl groups excluding tert-OH is 1. The molecule has 33 heavy (non-hydrogen) atoms. The molecule has 6 nitrogen and oxygen atoms in total. The molecule has 0 radical (unpaired) electrons. The van der Waals surface area contributed by atoms with Gasteiger partial charge in [0.25, 0.3) is 11.7 Å². The Balaban J connectivity index is 1.85. The minimum atomic E-state index is -0.710. The highest BCUT2D eigenvalue weighted by atomic mass is 16.5. The molecule has 1 aliphatic heterocycles. The Kier molecular flexibility index (Phi) is 6.27. The molecule has 0 unspecified atom stereocenters. The van der Waals surface area contributed by atoms with Crippen LogP contribution in [-0.4, -0.2) is 33.8 Å². The number of methoxy groups -OCH3 is 1. The van der Waals surface area contributed by atoms with E-state index >= 15 is 0 Å². The molecular weight excluding hydrogens is 416 g/mol. The molecule has 1 amide bonds. The molecule has 168 valence electrons. The average molecular weight is 443 g/mol. The maximum Gasteiger partial charge on any atom is 0.295 e. The van der Waals surface area contributed by atoms with Crippen molar-refractivity contribution in [2.45, 2.75) is 32.9 Å². The number of carbonyl (C=O) groups is 2. The fourth-order valence-corrected chi connectivity index (χ4v) is 4.19. The van der Waals surface area contributed by atoms with Gasteiger partial charge in [0.15, 0.2) is 0 Å². The highest BCUT2D eigenvalue weighted by Gasteiger charge is 2.46. The monoisotopic (exact) mass is 442 g/mol. The zero-order valence-electron chi connectivity index (χ0n) is 18.9. The second-order valence-electron chi connectivity index (χ2n) is 8.07. The standard InChI is InChI=1S/C27H26N2O4/c1-4-18-7-9-20(10-8-18)24-23(25(30)21-11-12-22(33-3)17(2)14-21)26(31)27(32)29(24)16-19-6-5-13-28-15-19/h5-15,24,30H,4,16H2,1-3H3/t24-/m1/s1. The summed E-state index contributed by atoms with van der Waals surface area (Å²) in [4.78, 5) is 31.9. The number of pyridine rings is 1. The van der Waals surface area contributed by atoms with Crippen LogP contribution in [0.4, 0.5) is 0 Å². The van der Waals surface area contributed by atoms with Crippen molar-refractivity contribution in [2.24, 2.45) is 0 Å². The van der Waals surface area contributed by atoms with Crippen molar-refractivity contribution in [3.8, 4) is 5.75 Å². The number of aromatic nitrogens is 1. The fourth-order valence-electron chi connectivity index (χ4n) is 4.19. The lowest BCUT2D eigenvalue weighted by Crippen LogP contribution is -2.29. The number of hydrogen-bond donors (Lipinski definition) is 1. The van der Waals surface area contributed by atoms with E-state index in [-0.39, 0.29) is 17.9 Å². The summed E-state index contributed by atoms with van der Waals surface area (Å²) in [5.74, 6) is -0.864. The highest BCUT2D eigenvalue weighted by Crippen LogP contribution is 2.40. The molecule has 1 fully saturated rings. The van der Waals surface area contributed by atoms with Gasteiger partial charge in [0.05, 0.1) is 18.7 Å². The van der Waals surface area contributed by atoms with E-state index in [4.69, 9.17) is 4.74 Å². The van der Waals surface area contributed by atoms with E-state index in [0.29, 0.717) is 11.3 Å². The molecular formula is C27H26N2O4. The van der Waals surface area contributed by atoms with Crippen LogP contribution in [0.2, 0.25) is 0 Å². The number of benzene rings is 2. The Bertz CT molecular complexity index is 1220. The fraction of sp³-hybridized carbons (Fsp3) is 0.222. The van der Waals surface area contributed by atoms with Crippen LogP contribution in [0.1, 0.15) is 40.8 Å². The second-order valence-corrected chi connectivity index (χ2v) is 8.07. The highest BCUT2D eigenvalue weighted by molar-refractivity contribution is 6.46. The topological polar surface area (TPSA) is 79.7 Å². The summed E-state index contributed by atoms with van der Waals surface area (Å²) in [5, 5.41) is 11.2. The molecule has 0 saturated carbocycles. The SMILES string of the molecule is CCc1ccc([C@@H]2C(=C(O)c3ccc(OC)c(C)c3)C(=O)C(=O)N2Cc2cccnc2)cc1. The van der Waals surface area contributed by atoms with Crippen molar-refractivity contribution >= 4 is 17.4 Å². The quantitative estimate of drug-likeness (QED) is 0.343. The van der Waals surface area contributed by atoms with Gasteiger partial charge in [-0.25, -0.2) is 0 Å². The lowest BCUT2D eigenvalue weighted by molar-refractivity contribution is -0.140. The Morgan fingerprint density at radius 1 is 1.09 bits per heavy atom. The molecule has 2 heterocycles. The van der Waals surface area contributed by atoms with E-state index in [1.807, 2.05) is 37.3 Å². The minimum Gasteiger partial charge on any atom is -0.507 e. The third-order valence-corrected chi connectivity index (χ3v) is 5.99. The van der Waals surface area contributed by atoms with Gasteiger partial charge in [-0.15, -0.1) is 0 Å². The Hall–Kier alpha value is -3.93. The molecule has 4 rings (SSSR count). The molecule has 1 aromatic heterocycles. The molecule has 1 saturated heterocycles. The van der Waals surface area contributed by atoms with Crippen LogP contribution in [0.25, 0.3) is 5.76 Å². The van der Waals surface area contributed by atoms with Crippen LogP contribution in [-0.2, 0) is 22.6 Å². The first-order valence-electron chi connectivity index (χ1n) is 10.9. The van der Waals surface area contributed by atoms with Crippen molar-refractivity contribution in [1.29, 1.82) is 0 Å². The minimum absolute atomic E-state index is 0.0812. The number of amides is 1. The maximum atomic E-state index is 13.2. The molecule has 1 N–H and O–H groups in total. The Morgan fingerprint density at radius 3 is 2.45 bits per heavy atom. The largest absolute Gasteiger partial charge is 0.507 e. The van der Waals surface area contributed by atoms with Gasteiger partial charge in [-0.1, -0.05) is 37.3 Å². The number of aliphatic hydroxyl groups is 1. The molecule has 1 atom stereocenters. The van der Waals surface area contributed by atoms with E-state index in [0.717, 1.165) is 28.7 Å². The van der Waals surface area contributed by atoms with Gasteiger partial charge < -0.3 is 14.7 Å². The van der Waals surface area contributed by atoms with E-state index < -0.39 is 17.7 Å². The molecule has 3 aromatic rings. The lowest BCUT2D eigenvalue weighted by atomic mass is 9.94. The van der Waals surface area contributed by atoms with E-state index in [9.17, 15) is 14.7 Å². The molecule has 0 aliphatic carbocycles. The number of nitrogens with zero attached hydrogens (tertiary/aromatic N) is 2. The number of hydrogen-bond acceptors (Lipinski definition) is 5. The van der Waals surface area contributed by atoms with Gasteiger partial charge in [0, 0.05) is 24.5 Å². The Morgan fingerprint density at radius 2 is 1.85 bits per heavy atom. The lowest BCUT2D eigenvalue weighted by Gasteiger charge is -2.25. The molecule has 1 aliphatic rings. The second kappa shape index (κ2) is 9.28. The van der Waals surface area contributed by atoms with Crippen LogP contribution in [0.5, 0.6) is 5.75 Å². The van der Waals surface area contributed by atoms with Crippen LogP contribution >= 0.6 is 0 Å². The summed E-state index contributed by atoms with van der Waals surface area (Å²) < 4.78 is 5.31. The number of carbonyl (C=O) groups excluding carboxylic acids is 2. The summed E-state index contributed by atoms with van der Waals surface area (Å²) >= 11 is 0. The van der Waals surface area contributed by atoms with E-state index in [1.165, 1.54) is 4.90 Å². The summed E-state index contributed by atoms with van der Waals surface area (Å²) in [6.07, 6.45) is 4.20. The average Bonchev–Trinajstić information content (AvgIpc) is 3.09. The summed E-state index contributed by atoms with van der Waals surface area (Å²) in [6, 6.07) is 15.9. The van der Waals surface area contributed by atoms with Crippen LogP contribution < -0.4 is 4.74 Å². The molecule has 0 bridgehead atoms. The Labute approximate surface area is 193 Å². The summed E-state index contributed by atoms with van der Waals surface area (Å²) in [5.41, 5.74) is 4.07. The van der Waals surface area contributed by atoms with Crippen molar-refractivity contribution in [3.05, 3.63) is 100 Å². The van der Waals surface area contributed by atoms with Crippen LogP contribution in [0.3, 0.4) is 0 Å². The van der Waals surface area contributed by atoms with Crippen molar-refractivity contribution < 1.29 is 19.4 Å². The molecule has 2 aromatic carbocycles. The van der Waals surface area contributed by atoms with Gasteiger partial charge in [-0.2, -0.15) is 0 Å². The number of likely N-dealkylation sites (tertiary alicyclic amines) is 1. The molecule has 6 heteroatoms. The first kappa shape index (κ1) is 22.3. The summed E-state index contributed by atoms with van der Waals surface area (Å²) in [7, 11) is 1.58. The van der Waals surface area contributed by atoms with Gasteiger partial charge in [0.1, 0.15) is 11.5 Å². The zero-order valence-corrected chi connectivity index (χ0v) is 18.9. The van der Waals surface area contributed by atoms with Gasteiger partial charge in [-0.05, 0) is 59.9 Å².